The van der Waals surface area contributed by atoms with Crippen LogP contribution in [0, 0.1) is 23.7 Å². The third kappa shape index (κ3) is 4.00. The second-order valence-corrected chi connectivity index (χ2v) is 8.92. The van der Waals surface area contributed by atoms with Crippen LogP contribution in [0.4, 0.5) is 0 Å². The van der Waals surface area contributed by atoms with Gasteiger partial charge in [0, 0.05) is 36.9 Å². The lowest BCUT2D eigenvalue weighted by Crippen LogP contribution is -2.28. The van der Waals surface area contributed by atoms with Crippen molar-refractivity contribution in [2.75, 3.05) is 14.1 Å². The molecule has 0 aliphatic carbocycles. The van der Waals surface area contributed by atoms with Crippen molar-refractivity contribution in [1.82, 2.24) is 9.80 Å². The predicted octanol–water partition coefficient (Wildman–Crippen LogP) is 6.33. The highest BCUT2D eigenvalue weighted by molar-refractivity contribution is 5.54. The van der Waals surface area contributed by atoms with Crippen LogP contribution in [-0.2, 0) is 0 Å². The van der Waals surface area contributed by atoms with Gasteiger partial charge in [0.25, 0.3) is 0 Å². The molecule has 0 unspecified atom stereocenters. The maximum Gasteiger partial charge on any atom is 0.0205 e. The first kappa shape index (κ1) is 20.6. The Labute approximate surface area is 161 Å². The third-order valence-electron chi connectivity index (χ3n) is 5.46. The van der Waals surface area contributed by atoms with Crippen LogP contribution in [0.3, 0.4) is 0 Å². The molecule has 144 valence electrons. The van der Waals surface area contributed by atoms with E-state index in [-0.39, 0.29) is 0 Å². The van der Waals surface area contributed by atoms with Crippen molar-refractivity contribution in [3.63, 3.8) is 0 Å². The second-order valence-electron chi connectivity index (χ2n) is 8.92. The topological polar surface area (TPSA) is 6.48 Å². The first-order valence-electron chi connectivity index (χ1n) is 10.1. The number of nitrogens with zero attached hydrogens (tertiary/aromatic N) is 2. The van der Waals surface area contributed by atoms with Crippen molar-refractivity contribution in [1.29, 1.82) is 0 Å². The molecule has 0 bridgehead atoms. The Hall–Kier alpha value is -1.70. The van der Waals surface area contributed by atoms with Crippen molar-refractivity contribution >= 4 is 0 Å². The molecular formula is C24H38N2. The number of rotatable bonds is 4. The molecule has 0 saturated carbocycles. The summed E-state index contributed by atoms with van der Waals surface area (Å²) in [6.07, 6.45) is 9.56. The van der Waals surface area contributed by atoms with Gasteiger partial charge in [0.1, 0.15) is 0 Å². The van der Waals surface area contributed by atoms with Crippen molar-refractivity contribution in [2.24, 2.45) is 23.7 Å². The van der Waals surface area contributed by atoms with Crippen molar-refractivity contribution in [3.05, 3.63) is 58.2 Å². The van der Waals surface area contributed by atoms with Crippen LogP contribution in [-0.4, -0.2) is 23.9 Å². The molecule has 2 rings (SSSR count). The van der Waals surface area contributed by atoms with Crippen LogP contribution in [0.15, 0.2) is 58.2 Å². The van der Waals surface area contributed by atoms with E-state index < -0.39 is 0 Å². The van der Waals surface area contributed by atoms with Gasteiger partial charge in [0.2, 0.25) is 0 Å². The van der Waals surface area contributed by atoms with Gasteiger partial charge in [-0.1, -0.05) is 55.4 Å². The molecule has 2 aliphatic heterocycles. The Bertz CT molecular complexity index is 578. The average molecular weight is 355 g/mol. The summed E-state index contributed by atoms with van der Waals surface area (Å²) in [5.74, 6) is 2.02. The lowest BCUT2D eigenvalue weighted by atomic mass is 9.90. The highest BCUT2D eigenvalue weighted by Crippen LogP contribution is 2.36. The van der Waals surface area contributed by atoms with Crippen LogP contribution in [0.2, 0.25) is 0 Å². The SMILES string of the molecule is CC(C)C1=CC(=C2C=C(C(C)C)N(C)C(C(C)C)=C2)C=C(C(C)C)N1C. The fourth-order valence-corrected chi connectivity index (χ4v) is 3.96. The normalized spacial score (nSPS) is 18.8. The van der Waals surface area contributed by atoms with Gasteiger partial charge in [-0.25, -0.2) is 0 Å². The minimum absolute atomic E-state index is 0.506. The molecule has 0 fully saturated rings. The minimum atomic E-state index is 0.506. The molecule has 0 saturated heterocycles. The summed E-state index contributed by atoms with van der Waals surface area (Å²) in [7, 11) is 4.41. The van der Waals surface area contributed by atoms with Crippen LogP contribution >= 0.6 is 0 Å². The maximum atomic E-state index is 2.39. The summed E-state index contributed by atoms with van der Waals surface area (Å²) in [5, 5.41) is 0. The van der Waals surface area contributed by atoms with E-state index in [4.69, 9.17) is 0 Å². The number of hydrogen-bond donors (Lipinski definition) is 0. The fraction of sp³-hybridized carbons (Fsp3) is 0.583. The van der Waals surface area contributed by atoms with Crippen molar-refractivity contribution in [2.45, 2.75) is 55.4 Å². The van der Waals surface area contributed by atoms with E-state index in [2.05, 4.69) is 104 Å². The maximum absolute atomic E-state index is 2.39. The van der Waals surface area contributed by atoms with Gasteiger partial charge in [0.15, 0.2) is 0 Å². The standard InChI is InChI=1S/C24H38N2/c1-15(2)21-11-19(12-22(16(3)4)25(21)9)20-13-23(17(5)6)26(10)24(14-20)18(7)8/h11-18H,1-10H3. The Kier molecular flexibility index (Phi) is 6.26. The first-order valence-corrected chi connectivity index (χ1v) is 10.1. The van der Waals surface area contributed by atoms with E-state index >= 15 is 0 Å². The highest BCUT2D eigenvalue weighted by atomic mass is 15.1. The van der Waals surface area contributed by atoms with Crippen LogP contribution < -0.4 is 0 Å². The minimum Gasteiger partial charge on any atom is -0.351 e. The molecule has 2 aliphatic rings. The quantitative estimate of drug-likeness (QED) is 0.582. The first-order chi connectivity index (χ1) is 12.0. The molecule has 0 radical (unpaired) electrons. The lowest BCUT2D eigenvalue weighted by molar-refractivity contribution is 0.401. The third-order valence-corrected chi connectivity index (χ3v) is 5.46. The zero-order chi connectivity index (χ0) is 19.8. The van der Waals surface area contributed by atoms with Gasteiger partial charge in [-0.15, -0.1) is 0 Å². The second kappa shape index (κ2) is 7.90. The Morgan fingerprint density at radius 2 is 0.654 bits per heavy atom. The number of hydrogen-bond acceptors (Lipinski definition) is 2. The summed E-state index contributed by atoms with van der Waals surface area (Å²) >= 11 is 0. The van der Waals surface area contributed by atoms with Crippen LogP contribution in [0.25, 0.3) is 0 Å². The van der Waals surface area contributed by atoms with Gasteiger partial charge in [-0.3, -0.25) is 0 Å². The van der Waals surface area contributed by atoms with Crippen molar-refractivity contribution < 1.29 is 0 Å². The van der Waals surface area contributed by atoms with E-state index in [9.17, 15) is 0 Å². The Morgan fingerprint density at radius 3 is 0.808 bits per heavy atom. The zero-order valence-electron chi connectivity index (χ0n) is 18.5. The zero-order valence-corrected chi connectivity index (χ0v) is 18.5. The highest BCUT2D eigenvalue weighted by Gasteiger charge is 2.24. The molecule has 2 heterocycles. The Balaban J connectivity index is 2.70. The van der Waals surface area contributed by atoms with E-state index in [1.807, 2.05) is 0 Å². The van der Waals surface area contributed by atoms with Crippen LogP contribution in [0.1, 0.15) is 55.4 Å². The smallest absolute Gasteiger partial charge is 0.0205 e. The molecular weight excluding hydrogens is 316 g/mol. The molecule has 0 aromatic carbocycles. The molecule has 2 nitrogen and oxygen atoms in total. The molecule has 2 heteroatoms. The van der Waals surface area contributed by atoms with E-state index in [1.54, 1.807) is 0 Å². The average Bonchev–Trinajstić information content (AvgIpc) is 2.54. The molecule has 0 atom stereocenters. The van der Waals surface area contributed by atoms with Gasteiger partial charge < -0.3 is 9.80 Å². The molecule has 0 amide bonds. The summed E-state index contributed by atoms with van der Waals surface area (Å²) in [6, 6.07) is 0. The predicted molar refractivity (Wildman–Crippen MR) is 114 cm³/mol. The fourth-order valence-electron chi connectivity index (χ4n) is 3.96. The molecule has 0 aromatic rings. The molecule has 26 heavy (non-hydrogen) atoms. The van der Waals surface area contributed by atoms with E-state index in [0.717, 1.165) is 0 Å². The van der Waals surface area contributed by atoms with Crippen LogP contribution in [0.5, 0.6) is 0 Å². The summed E-state index contributed by atoms with van der Waals surface area (Å²) in [5.41, 5.74) is 8.29. The van der Waals surface area contributed by atoms with Crippen molar-refractivity contribution in [3.8, 4) is 0 Å². The summed E-state index contributed by atoms with van der Waals surface area (Å²) in [4.78, 5) is 4.77. The monoisotopic (exact) mass is 354 g/mol. The molecule has 0 spiro atoms. The largest absolute Gasteiger partial charge is 0.351 e. The Morgan fingerprint density at radius 1 is 0.462 bits per heavy atom. The van der Waals surface area contributed by atoms with E-state index in [0.29, 0.717) is 23.7 Å². The molecule has 0 aromatic heterocycles. The lowest BCUT2D eigenvalue weighted by Gasteiger charge is -2.36. The summed E-state index contributed by atoms with van der Waals surface area (Å²) < 4.78 is 0. The van der Waals surface area contributed by atoms with Gasteiger partial charge in [-0.2, -0.15) is 0 Å². The number of allylic oxidation sites excluding steroid dienone is 10. The summed E-state index contributed by atoms with van der Waals surface area (Å²) in [6.45, 7) is 18.3. The van der Waals surface area contributed by atoms with Gasteiger partial charge in [0.05, 0.1) is 0 Å². The van der Waals surface area contributed by atoms with E-state index in [1.165, 1.54) is 33.9 Å². The van der Waals surface area contributed by atoms with Gasteiger partial charge >= 0.3 is 0 Å². The van der Waals surface area contributed by atoms with Gasteiger partial charge in [-0.05, 0) is 59.1 Å². The molecule has 0 N–H and O–H groups in total.